The van der Waals surface area contributed by atoms with Crippen molar-refractivity contribution in [3.05, 3.63) is 39.3 Å². The van der Waals surface area contributed by atoms with Gasteiger partial charge in [-0.2, -0.15) is 0 Å². The van der Waals surface area contributed by atoms with Gasteiger partial charge in [0.05, 0.1) is 10.7 Å². The lowest BCUT2D eigenvalue weighted by Gasteiger charge is -2.09. The van der Waals surface area contributed by atoms with Gasteiger partial charge in [0.25, 0.3) is 5.91 Å². The fourth-order valence-corrected chi connectivity index (χ4v) is 2.69. The van der Waals surface area contributed by atoms with Crippen molar-refractivity contribution in [3.63, 3.8) is 0 Å². The van der Waals surface area contributed by atoms with Crippen LogP contribution in [0.25, 0.3) is 0 Å². The number of benzene rings is 1. The number of phenols is 1. The molecular weight excluding hydrogens is 274 g/mol. The van der Waals surface area contributed by atoms with Crippen LogP contribution < -0.4 is 11.1 Å². The number of aromatic nitrogens is 1. The highest BCUT2D eigenvalue weighted by Crippen LogP contribution is 2.29. The van der Waals surface area contributed by atoms with Crippen LogP contribution in [0.15, 0.2) is 17.5 Å². The second-order valence-electron chi connectivity index (χ2n) is 4.60. The van der Waals surface area contributed by atoms with E-state index in [9.17, 15) is 9.90 Å². The Morgan fingerprint density at radius 1 is 1.45 bits per heavy atom. The molecule has 0 atom stereocenters. The zero-order valence-electron chi connectivity index (χ0n) is 11.4. The lowest BCUT2D eigenvalue weighted by atomic mass is 10.1. The van der Waals surface area contributed by atoms with Crippen LogP contribution in [0.5, 0.6) is 5.75 Å². The molecule has 2 rings (SSSR count). The normalized spacial score (nSPS) is 10.6. The fourth-order valence-electron chi connectivity index (χ4n) is 1.90. The first kappa shape index (κ1) is 14.5. The van der Waals surface area contributed by atoms with Gasteiger partial charge >= 0.3 is 0 Å². The number of anilines is 1. The van der Waals surface area contributed by atoms with Crippen molar-refractivity contribution in [3.8, 4) is 5.75 Å². The molecule has 0 fully saturated rings. The Morgan fingerprint density at radius 2 is 2.20 bits per heavy atom. The molecule has 20 heavy (non-hydrogen) atoms. The lowest BCUT2D eigenvalue weighted by molar-refractivity contribution is 0.102. The topological polar surface area (TPSA) is 88.2 Å². The SMILES string of the molecule is Cc1cc(C)c(O)c(NC(=O)c2csc(CCN)n2)c1. The maximum atomic E-state index is 12.1. The standard InChI is InChI=1S/C14H17N3O2S/c1-8-5-9(2)13(18)10(6-8)17-14(19)11-7-20-12(16-11)3-4-15/h5-7,18H,3-4,15H2,1-2H3,(H,17,19). The molecule has 0 bridgehead atoms. The van der Waals surface area contributed by atoms with Crippen LogP contribution in [0, 0.1) is 13.8 Å². The summed E-state index contributed by atoms with van der Waals surface area (Å²) in [5, 5.41) is 15.2. The van der Waals surface area contributed by atoms with Gasteiger partial charge in [-0.1, -0.05) is 6.07 Å². The molecule has 0 aliphatic heterocycles. The van der Waals surface area contributed by atoms with E-state index in [2.05, 4.69) is 10.3 Å². The molecule has 0 radical (unpaired) electrons. The van der Waals surface area contributed by atoms with E-state index in [1.54, 1.807) is 18.4 Å². The van der Waals surface area contributed by atoms with Crippen LogP contribution in [0.4, 0.5) is 5.69 Å². The van der Waals surface area contributed by atoms with E-state index >= 15 is 0 Å². The number of carbonyl (C=O) groups is 1. The number of amides is 1. The van der Waals surface area contributed by atoms with Gasteiger partial charge in [-0.05, 0) is 37.6 Å². The molecule has 1 amide bonds. The summed E-state index contributed by atoms with van der Waals surface area (Å²) in [5.41, 5.74) is 7.90. The number of hydrogen-bond donors (Lipinski definition) is 3. The van der Waals surface area contributed by atoms with Gasteiger partial charge in [0.15, 0.2) is 0 Å². The second kappa shape index (κ2) is 6.02. The third-order valence-electron chi connectivity index (χ3n) is 2.84. The maximum absolute atomic E-state index is 12.1. The van der Waals surface area contributed by atoms with Crippen molar-refractivity contribution in [2.24, 2.45) is 5.73 Å². The largest absolute Gasteiger partial charge is 0.505 e. The monoisotopic (exact) mass is 291 g/mol. The summed E-state index contributed by atoms with van der Waals surface area (Å²) in [6.07, 6.45) is 0.659. The summed E-state index contributed by atoms with van der Waals surface area (Å²) in [5.74, 6) is -0.244. The van der Waals surface area contributed by atoms with Crippen LogP contribution in [0.2, 0.25) is 0 Å². The van der Waals surface area contributed by atoms with Gasteiger partial charge in [0.1, 0.15) is 11.4 Å². The van der Waals surface area contributed by atoms with Crippen molar-refractivity contribution in [2.75, 3.05) is 11.9 Å². The first-order chi connectivity index (χ1) is 9.51. The lowest BCUT2D eigenvalue weighted by Crippen LogP contribution is -2.13. The summed E-state index contributed by atoms with van der Waals surface area (Å²) < 4.78 is 0. The number of thiazole rings is 1. The molecule has 6 heteroatoms. The summed E-state index contributed by atoms with van der Waals surface area (Å²) in [6, 6.07) is 3.58. The smallest absolute Gasteiger partial charge is 0.275 e. The van der Waals surface area contributed by atoms with Gasteiger partial charge < -0.3 is 16.2 Å². The van der Waals surface area contributed by atoms with Crippen molar-refractivity contribution >= 4 is 22.9 Å². The number of hydrogen-bond acceptors (Lipinski definition) is 5. The Hall–Kier alpha value is -1.92. The van der Waals surface area contributed by atoms with Crippen LogP contribution in [0.3, 0.4) is 0 Å². The first-order valence-electron chi connectivity index (χ1n) is 6.27. The predicted octanol–water partition coefficient (Wildman–Crippen LogP) is 2.22. The van der Waals surface area contributed by atoms with E-state index < -0.39 is 0 Å². The zero-order chi connectivity index (χ0) is 14.7. The van der Waals surface area contributed by atoms with Crippen LogP contribution in [0.1, 0.15) is 26.6 Å². The fraction of sp³-hybridized carbons (Fsp3) is 0.286. The van der Waals surface area contributed by atoms with Gasteiger partial charge in [-0.25, -0.2) is 4.98 Å². The number of nitrogens with zero attached hydrogens (tertiary/aromatic N) is 1. The Labute approximate surface area is 121 Å². The van der Waals surface area contributed by atoms with Gasteiger partial charge in [0.2, 0.25) is 0 Å². The van der Waals surface area contributed by atoms with Crippen LogP contribution >= 0.6 is 11.3 Å². The van der Waals surface area contributed by atoms with E-state index in [4.69, 9.17) is 5.73 Å². The Balaban J connectivity index is 2.18. The van der Waals surface area contributed by atoms with Crippen LogP contribution in [-0.2, 0) is 6.42 Å². The zero-order valence-corrected chi connectivity index (χ0v) is 12.3. The van der Waals surface area contributed by atoms with Gasteiger partial charge in [0, 0.05) is 11.8 Å². The number of nitrogens with two attached hydrogens (primary N) is 1. The highest BCUT2D eigenvalue weighted by molar-refractivity contribution is 7.09. The highest BCUT2D eigenvalue weighted by atomic mass is 32.1. The molecule has 0 saturated carbocycles. The number of phenolic OH excluding ortho intramolecular Hbond substituents is 1. The molecule has 0 spiro atoms. The molecule has 5 nitrogen and oxygen atoms in total. The van der Waals surface area contributed by atoms with E-state index in [1.165, 1.54) is 11.3 Å². The summed E-state index contributed by atoms with van der Waals surface area (Å²) >= 11 is 1.41. The first-order valence-corrected chi connectivity index (χ1v) is 7.15. The van der Waals surface area contributed by atoms with Crippen molar-refractivity contribution in [2.45, 2.75) is 20.3 Å². The second-order valence-corrected chi connectivity index (χ2v) is 5.54. The molecule has 1 aromatic heterocycles. The number of aromatic hydroxyl groups is 1. The summed E-state index contributed by atoms with van der Waals surface area (Å²) in [7, 11) is 0. The number of carbonyl (C=O) groups excluding carboxylic acids is 1. The van der Waals surface area contributed by atoms with Gasteiger partial charge in [-0.15, -0.1) is 11.3 Å². The van der Waals surface area contributed by atoms with Crippen molar-refractivity contribution in [1.82, 2.24) is 4.98 Å². The average Bonchev–Trinajstić information content (AvgIpc) is 2.84. The molecule has 0 aliphatic carbocycles. The molecule has 1 aromatic carbocycles. The predicted molar refractivity (Wildman–Crippen MR) is 80.4 cm³/mol. The van der Waals surface area contributed by atoms with E-state index in [-0.39, 0.29) is 11.7 Å². The third-order valence-corrected chi connectivity index (χ3v) is 3.74. The quantitative estimate of drug-likeness (QED) is 0.754. The Morgan fingerprint density at radius 3 is 2.90 bits per heavy atom. The van der Waals surface area contributed by atoms with Crippen LogP contribution in [-0.4, -0.2) is 22.5 Å². The summed E-state index contributed by atoms with van der Waals surface area (Å²) in [6.45, 7) is 4.21. The molecule has 2 aromatic rings. The average molecular weight is 291 g/mol. The minimum absolute atomic E-state index is 0.0846. The molecule has 0 saturated heterocycles. The Kier molecular flexibility index (Phi) is 4.36. The molecular formula is C14H17N3O2S. The van der Waals surface area contributed by atoms with E-state index in [1.807, 2.05) is 13.0 Å². The van der Waals surface area contributed by atoms with Crippen molar-refractivity contribution in [1.29, 1.82) is 0 Å². The molecule has 0 unspecified atom stereocenters. The maximum Gasteiger partial charge on any atom is 0.275 e. The number of rotatable bonds is 4. The molecule has 0 aliphatic rings. The minimum atomic E-state index is -0.329. The molecule has 106 valence electrons. The summed E-state index contributed by atoms with van der Waals surface area (Å²) in [4.78, 5) is 16.3. The van der Waals surface area contributed by atoms with E-state index in [0.717, 1.165) is 16.1 Å². The highest BCUT2D eigenvalue weighted by Gasteiger charge is 2.14. The number of aryl methyl sites for hydroxylation is 2. The molecule has 4 N–H and O–H groups in total. The van der Waals surface area contributed by atoms with Crippen molar-refractivity contribution < 1.29 is 9.90 Å². The minimum Gasteiger partial charge on any atom is -0.505 e. The number of nitrogens with one attached hydrogen (secondary N) is 1. The molecule has 1 heterocycles. The Bertz CT molecular complexity index is 637. The van der Waals surface area contributed by atoms with E-state index in [0.29, 0.717) is 24.3 Å². The third kappa shape index (κ3) is 3.15. The van der Waals surface area contributed by atoms with Gasteiger partial charge in [-0.3, -0.25) is 4.79 Å².